The first kappa shape index (κ1) is 10.9. The second-order valence-electron chi connectivity index (χ2n) is 6.10. The molecule has 0 aromatic carbocycles. The molecule has 0 radical (unpaired) electrons. The van der Waals surface area contributed by atoms with Crippen LogP contribution in [-0.2, 0) is 0 Å². The minimum Gasteiger partial charge on any atom is -0.393 e. The molecule has 0 spiro atoms. The van der Waals surface area contributed by atoms with Crippen molar-refractivity contribution >= 4 is 5.84 Å². The second kappa shape index (κ2) is 3.78. The second-order valence-corrected chi connectivity index (χ2v) is 6.10. The molecule has 1 saturated carbocycles. The van der Waals surface area contributed by atoms with E-state index >= 15 is 0 Å². The highest BCUT2D eigenvalue weighted by atomic mass is 16.3. The standard InChI is InChI=1S/C12H22N2O/c1-12(2,3)7-11-13-9-5-4-8(15)6-10(9)14-11/h8-10,15H,4-7H2,1-3H3,(H,13,14). The molecule has 1 aliphatic carbocycles. The zero-order valence-corrected chi connectivity index (χ0v) is 9.95. The van der Waals surface area contributed by atoms with Gasteiger partial charge in [-0.25, -0.2) is 0 Å². The summed E-state index contributed by atoms with van der Waals surface area (Å²) in [5, 5.41) is 13.1. The number of rotatable bonds is 1. The van der Waals surface area contributed by atoms with Gasteiger partial charge in [-0.05, 0) is 24.7 Å². The van der Waals surface area contributed by atoms with Crippen LogP contribution in [0.15, 0.2) is 4.99 Å². The lowest BCUT2D eigenvalue weighted by molar-refractivity contribution is 0.112. The summed E-state index contributed by atoms with van der Waals surface area (Å²) in [4.78, 5) is 4.72. The summed E-state index contributed by atoms with van der Waals surface area (Å²) in [6.07, 6.45) is 3.70. The van der Waals surface area contributed by atoms with E-state index in [4.69, 9.17) is 4.99 Å². The van der Waals surface area contributed by atoms with Crippen LogP contribution in [0.1, 0.15) is 46.5 Å². The highest BCUT2D eigenvalue weighted by Gasteiger charge is 2.35. The fourth-order valence-corrected chi connectivity index (χ4v) is 2.49. The van der Waals surface area contributed by atoms with Gasteiger partial charge in [0, 0.05) is 6.42 Å². The van der Waals surface area contributed by atoms with E-state index in [0.29, 0.717) is 12.1 Å². The molecule has 0 aromatic rings. The third kappa shape index (κ3) is 2.71. The van der Waals surface area contributed by atoms with Gasteiger partial charge in [-0.1, -0.05) is 20.8 Å². The van der Waals surface area contributed by atoms with Crippen molar-refractivity contribution in [3.8, 4) is 0 Å². The van der Waals surface area contributed by atoms with E-state index in [1.807, 2.05) is 0 Å². The number of nitrogens with one attached hydrogen (secondary N) is 1. The molecule has 0 aromatic heterocycles. The monoisotopic (exact) mass is 210 g/mol. The third-order valence-corrected chi connectivity index (χ3v) is 3.16. The predicted octanol–water partition coefficient (Wildman–Crippen LogP) is 1.71. The summed E-state index contributed by atoms with van der Waals surface area (Å²) in [5.41, 5.74) is 0.290. The maximum absolute atomic E-state index is 9.58. The Bertz CT molecular complexity index is 267. The lowest BCUT2D eigenvalue weighted by Crippen LogP contribution is -2.41. The van der Waals surface area contributed by atoms with Crippen molar-refractivity contribution < 1.29 is 5.11 Å². The van der Waals surface area contributed by atoms with Gasteiger partial charge in [-0.2, -0.15) is 0 Å². The van der Waals surface area contributed by atoms with E-state index in [0.717, 1.165) is 31.5 Å². The van der Waals surface area contributed by atoms with Crippen molar-refractivity contribution in [3.05, 3.63) is 0 Å². The molecule has 1 fully saturated rings. The molecule has 86 valence electrons. The van der Waals surface area contributed by atoms with Gasteiger partial charge in [0.25, 0.3) is 0 Å². The minimum absolute atomic E-state index is 0.122. The summed E-state index contributed by atoms with van der Waals surface area (Å²) in [7, 11) is 0. The maximum Gasteiger partial charge on any atom is 0.0975 e. The number of hydrogen-bond donors (Lipinski definition) is 2. The van der Waals surface area contributed by atoms with E-state index in [1.165, 1.54) is 0 Å². The Morgan fingerprint density at radius 3 is 2.80 bits per heavy atom. The van der Waals surface area contributed by atoms with Crippen LogP contribution in [0.5, 0.6) is 0 Å². The fraction of sp³-hybridized carbons (Fsp3) is 0.917. The number of hydrogen-bond acceptors (Lipinski definition) is 3. The van der Waals surface area contributed by atoms with Crippen molar-refractivity contribution in [3.63, 3.8) is 0 Å². The Labute approximate surface area is 92.0 Å². The first-order chi connectivity index (χ1) is 6.94. The number of aliphatic hydroxyl groups excluding tert-OH is 1. The van der Waals surface area contributed by atoms with Crippen molar-refractivity contribution in [2.75, 3.05) is 0 Å². The Balaban J connectivity index is 1.96. The molecule has 3 heteroatoms. The van der Waals surface area contributed by atoms with Crippen molar-refractivity contribution in [2.24, 2.45) is 10.4 Å². The van der Waals surface area contributed by atoms with Crippen LogP contribution in [-0.4, -0.2) is 29.1 Å². The zero-order valence-electron chi connectivity index (χ0n) is 9.95. The molecule has 15 heavy (non-hydrogen) atoms. The summed E-state index contributed by atoms with van der Waals surface area (Å²) in [6.45, 7) is 6.69. The fourth-order valence-electron chi connectivity index (χ4n) is 2.49. The molecule has 1 aliphatic heterocycles. The molecule has 2 aliphatic rings. The van der Waals surface area contributed by atoms with Gasteiger partial charge in [-0.3, -0.25) is 4.99 Å². The summed E-state index contributed by atoms with van der Waals surface area (Å²) in [5.74, 6) is 1.15. The molecule has 3 nitrogen and oxygen atoms in total. The molecular weight excluding hydrogens is 188 g/mol. The SMILES string of the molecule is CC(C)(C)CC1=NC2CCC(O)CC2N1. The highest BCUT2D eigenvalue weighted by molar-refractivity contribution is 5.85. The minimum atomic E-state index is -0.122. The summed E-state index contributed by atoms with van der Waals surface area (Å²) in [6, 6.07) is 0.817. The molecule has 0 saturated heterocycles. The zero-order chi connectivity index (χ0) is 11.1. The largest absolute Gasteiger partial charge is 0.393 e. The number of aliphatic imine (C=N–C) groups is 1. The van der Waals surface area contributed by atoms with Crippen molar-refractivity contribution in [1.29, 1.82) is 0 Å². The van der Waals surface area contributed by atoms with Crippen LogP contribution in [0.2, 0.25) is 0 Å². The Morgan fingerprint density at radius 2 is 2.13 bits per heavy atom. The molecule has 3 unspecified atom stereocenters. The average Bonchev–Trinajstić information content (AvgIpc) is 2.42. The number of amidine groups is 1. The summed E-state index contributed by atoms with van der Waals surface area (Å²) < 4.78 is 0. The van der Waals surface area contributed by atoms with Gasteiger partial charge in [0.2, 0.25) is 0 Å². The molecule has 0 amide bonds. The predicted molar refractivity (Wildman–Crippen MR) is 62.1 cm³/mol. The highest BCUT2D eigenvalue weighted by Crippen LogP contribution is 2.28. The number of fused-ring (bicyclic) bond motifs is 1. The normalized spacial score (nSPS) is 35.7. The van der Waals surface area contributed by atoms with Crippen LogP contribution in [0.25, 0.3) is 0 Å². The topological polar surface area (TPSA) is 44.6 Å². The van der Waals surface area contributed by atoms with E-state index in [-0.39, 0.29) is 11.5 Å². The smallest absolute Gasteiger partial charge is 0.0975 e. The van der Waals surface area contributed by atoms with Gasteiger partial charge in [0.05, 0.1) is 24.0 Å². The van der Waals surface area contributed by atoms with Crippen molar-refractivity contribution in [2.45, 2.75) is 64.6 Å². The Hall–Kier alpha value is -0.570. The van der Waals surface area contributed by atoms with Crippen molar-refractivity contribution in [1.82, 2.24) is 5.32 Å². The third-order valence-electron chi connectivity index (χ3n) is 3.16. The van der Waals surface area contributed by atoms with E-state index < -0.39 is 0 Å². The lowest BCUT2D eigenvalue weighted by atomic mass is 9.89. The Kier molecular flexibility index (Phi) is 2.75. The van der Waals surface area contributed by atoms with Crippen LogP contribution in [0.3, 0.4) is 0 Å². The van der Waals surface area contributed by atoms with E-state index in [2.05, 4.69) is 26.1 Å². The van der Waals surface area contributed by atoms with E-state index in [9.17, 15) is 5.11 Å². The molecule has 3 atom stereocenters. The molecule has 0 bridgehead atoms. The van der Waals surface area contributed by atoms with Crippen LogP contribution in [0, 0.1) is 5.41 Å². The van der Waals surface area contributed by atoms with Gasteiger partial charge in [0.15, 0.2) is 0 Å². The molecular formula is C12H22N2O. The van der Waals surface area contributed by atoms with Gasteiger partial charge in [0.1, 0.15) is 0 Å². The molecule has 1 heterocycles. The maximum atomic E-state index is 9.58. The molecule has 2 rings (SSSR count). The van der Waals surface area contributed by atoms with Gasteiger partial charge < -0.3 is 10.4 Å². The molecule has 2 N–H and O–H groups in total. The number of nitrogens with zero attached hydrogens (tertiary/aromatic N) is 1. The van der Waals surface area contributed by atoms with Crippen LogP contribution >= 0.6 is 0 Å². The lowest BCUT2D eigenvalue weighted by Gasteiger charge is -2.27. The first-order valence-electron chi connectivity index (χ1n) is 5.95. The van der Waals surface area contributed by atoms with Gasteiger partial charge in [-0.15, -0.1) is 0 Å². The van der Waals surface area contributed by atoms with Gasteiger partial charge >= 0.3 is 0 Å². The number of aliphatic hydroxyl groups is 1. The average molecular weight is 210 g/mol. The van der Waals surface area contributed by atoms with Crippen LogP contribution in [0.4, 0.5) is 0 Å². The van der Waals surface area contributed by atoms with E-state index in [1.54, 1.807) is 0 Å². The quantitative estimate of drug-likeness (QED) is 0.692. The Morgan fingerprint density at radius 1 is 1.40 bits per heavy atom. The van der Waals surface area contributed by atoms with Crippen LogP contribution < -0.4 is 5.32 Å². The summed E-state index contributed by atoms with van der Waals surface area (Å²) >= 11 is 0. The first-order valence-corrected chi connectivity index (χ1v) is 5.95.